The number of hydrogen-bond acceptors (Lipinski definition) is 4. The molecule has 2 heterocycles. The first-order valence-corrected chi connectivity index (χ1v) is 9.00. The van der Waals surface area contributed by atoms with Crippen molar-refractivity contribution in [3.05, 3.63) is 41.2 Å². The lowest BCUT2D eigenvalue weighted by Gasteiger charge is -2.33. The van der Waals surface area contributed by atoms with Gasteiger partial charge in [-0.2, -0.15) is 9.40 Å². The van der Waals surface area contributed by atoms with Gasteiger partial charge in [-0.25, -0.2) is 17.8 Å². The molecule has 3 rings (SSSR count). The summed E-state index contributed by atoms with van der Waals surface area (Å²) in [7, 11) is -3.79. The van der Waals surface area contributed by atoms with E-state index in [1.807, 2.05) is 0 Å². The third-order valence-corrected chi connectivity index (χ3v) is 6.02. The number of nitrogens with one attached hydrogen (secondary N) is 1. The van der Waals surface area contributed by atoms with Gasteiger partial charge >= 0.3 is 0 Å². The van der Waals surface area contributed by atoms with Crippen LogP contribution in [0.4, 0.5) is 4.39 Å². The van der Waals surface area contributed by atoms with Crippen molar-refractivity contribution in [2.45, 2.75) is 44.0 Å². The molecule has 1 fully saturated rings. The lowest BCUT2D eigenvalue weighted by molar-refractivity contribution is 0.247. The van der Waals surface area contributed by atoms with Crippen LogP contribution >= 0.6 is 0 Å². The van der Waals surface area contributed by atoms with E-state index in [4.69, 9.17) is 0 Å². The lowest BCUT2D eigenvalue weighted by Crippen LogP contribution is -2.39. The molecular formula is C15H19FN4O2S. The highest BCUT2D eigenvalue weighted by Gasteiger charge is 2.36. The molecule has 23 heavy (non-hydrogen) atoms. The molecule has 0 saturated carbocycles. The zero-order valence-electron chi connectivity index (χ0n) is 13.1. The Morgan fingerprint density at radius 1 is 1.30 bits per heavy atom. The Morgan fingerprint density at radius 3 is 2.74 bits per heavy atom. The van der Waals surface area contributed by atoms with Crippen LogP contribution in [0, 0.1) is 19.7 Å². The summed E-state index contributed by atoms with van der Waals surface area (Å²) >= 11 is 0. The molecule has 8 heteroatoms. The van der Waals surface area contributed by atoms with Crippen LogP contribution in [0.15, 0.2) is 23.1 Å². The van der Waals surface area contributed by atoms with Crippen molar-refractivity contribution in [2.24, 2.45) is 0 Å². The maximum Gasteiger partial charge on any atom is 0.243 e. The summed E-state index contributed by atoms with van der Waals surface area (Å²) in [6, 6.07) is 3.60. The van der Waals surface area contributed by atoms with Crippen molar-refractivity contribution in [1.82, 2.24) is 19.5 Å². The number of piperidine rings is 1. The third-order valence-electron chi connectivity index (χ3n) is 4.12. The first-order valence-electron chi connectivity index (χ1n) is 7.56. The third kappa shape index (κ3) is 3.00. The van der Waals surface area contributed by atoms with Gasteiger partial charge in [-0.1, -0.05) is 12.5 Å². The minimum atomic E-state index is -3.79. The molecule has 124 valence electrons. The van der Waals surface area contributed by atoms with Crippen LogP contribution in [0.3, 0.4) is 0 Å². The van der Waals surface area contributed by atoms with Crippen LogP contribution in [-0.4, -0.2) is 34.4 Å². The SMILES string of the molecule is Cc1nc(C2CCCCN2S(=O)(=O)c2ccc(C)c(F)c2)n[nH]1. The summed E-state index contributed by atoms with van der Waals surface area (Å²) in [4.78, 5) is 4.25. The number of halogens is 1. The van der Waals surface area contributed by atoms with E-state index in [1.165, 1.54) is 16.4 Å². The zero-order chi connectivity index (χ0) is 16.6. The van der Waals surface area contributed by atoms with Crippen LogP contribution in [0.1, 0.15) is 42.5 Å². The summed E-state index contributed by atoms with van der Waals surface area (Å²) < 4.78 is 41.0. The summed E-state index contributed by atoms with van der Waals surface area (Å²) in [5.41, 5.74) is 0.420. The van der Waals surface area contributed by atoms with E-state index in [0.29, 0.717) is 30.2 Å². The van der Waals surface area contributed by atoms with Gasteiger partial charge in [-0.3, -0.25) is 5.10 Å². The molecule has 1 aromatic heterocycles. The van der Waals surface area contributed by atoms with Gasteiger partial charge in [-0.15, -0.1) is 0 Å². The van der Waals surface area contributed by atoms with Gasteiger partial charge in [0.15, 0.2) is 5.82 Å². The normalized spacial score (nSPS) is 19.9. The zero-order valence-corrected chi connectivity index (χ0v) is 13.9. The van der Waals surface area contributed by atoms with Crippen LogP contribution in [0.5, 0.6) is 0 Å². The summed E-state index contributed by atoms with van der Waals surface area (Å²) in [5, 5.41) is 6.86. The van der Waals surface area contributed by atoms with E-state index in [9.17, 15) is 12.8 Å². The predicted octanol–water partition coefficient (Wildman–Crippen LogP) is 2.48. The van der Waals surface area contributed by atoms with Gasteiger partial charge in [0.1, 0.15) is 11.6 Å². The van der Waals surface area contributed by atoms with Crippen LogP contribution in [0.25, 0.3) is 0 Å². The molecule has 0 aliphatic carbocycles. The molecular weight excluding hydrogens is 319 g/mol. The Labute approximate surface area is 134 Å². The van der Waals surface area contributed by atoms with Crippen molar-refractivity contribution in [3.63, 3.8) is 0 Å². The molecule has 0 amide bonds. The fraction of sp³-hybridized carbons (Fsp3) is 0.467. The fourth-order valence-electron chi connectivity index (χ4n) is 2.83. The molecule has 1 aromatic carbocycles. The highest BCUT2D eigenvalue weighted by molar-refractivity contribution is 7.89. The second-order valence-corrected chi connectivity index (χ2v) is 7.71. The van der Waals surface area contributed by atoms with Crippen LogP contribution in [0.2, 0.25) is 0 Å². The topological polar surface area (TPSA) is 79.0 Å². The van der Waals surface area contributed by atoms with Gasteiger partial charge in [0.2, 0.25) is 10.0 Å². The number of nitrogens with zero attached hydrogens (tertiary/aromatic N) is 3. The average molecular weight is 338 g/mol. The molecule has 1 unspecified atom stereocenters. The molecule has 0 radical (unpaired) electrons. The summed E-state index contributed by atoms with van der Waals surface area (Å²) in [6.07, 6.45) is 2.34. The molecule has 1 saturated heterocycles. The van der Waals surface area contributed by atoms with E-state index in [0.717, 1.165) is 18.9 Å². The monoisotopic (exact) mass is 338 g/mol. The number of aryl methyl sites for hydroxylation is 2. The number of H-pyrrole nitrogens is 1. The molecule has 0 bridgehead atoms. The summed E-state index contributed by atoms with van der Waals surface area (Å²) in [6.45, 7) is 3.76. The maximum absolute atomic E-state index is 13.8. The Morgan fingerprint density at radius 2 is 2.09 bits per heavy atom. The standard InChI is InChI=1S/C15H19FN4O2S/c1-10-6-7-12(9-13(10)16)23(21,22)20-8-4-3-5-14(20)15-17-11(2)18-19-15/h6-7,9,14H,3-5,8H2,1-2H3,(H,17,18,19). The van der Waals surface area contributed by atoms with Crippen molar-refractivity contribution in [3.8, 4) is 0 Å². The molecule has 6 nitrogen and oxygen atoms in total. The molecule has 1 aliphatic rings. The maximum atomic E-state index is 13.8. The van der Waals surface area contributed by atoms with E-state index in [2.05, 4.69) is 15.2 Å². The minimum Gasteiger partial charge on any atom is -0.263 e. The van der Waals surface area contributed by atoms with E-state index >= 15 is 0 Å². The van der Waals surface area contributed by atoms with E-state index in [-0.39, 0.29) is 4.90 Å². The van der Waals surface area contributed by atoms with Gasteiger partial charge in [0.25, 0.3) is 0 Å². The largest absolute Gasteiger partial charge is 0.263 e. The van der Waals surface area contributed by atoms with Gasteiger partial charge in [0, 0.05) is 6.54 Å². The lowest BCUT2D eigenvalue weighted by atomic mass is 10.0. The first-order chi connectivity index (χ1) is 10.9. The second kappa shape index (κ2) is 6.01. The molecule has 1 atom stereocenters. The number of aromatic nitrogens is 3. The van der Waals surface area contributed by atoms with Crippen molar-refractivity contribution >= 4 is 10.0 Å². The highest BCUT2D eigenvalue weighted by atomic mass is 32.2. The number of sulfonamides is 1. The predicted molar refractivity (Wildman–Crippen MR) is 82.7 cm³/mol. The van der Waals surface area contributed by atoms with E-state index < -0.39 is 21.9 Å². The Hall–Kier alpha value is -1.80. The molecule has 1 N–H and O–H groups in total. The molecule has 0 spiro atoms. The molecule has 1 aliphatic heterocycles. The van der Waals surface area contributed by atoms with Gasteiger partial charge < -0.3 is 0 Å². The van der Waals surface area contributed by atoms with Crippen molar-refractivity contribution in [1.29, 1.82) is 0 Å². The van der Waals surface area contributed by atoms with Crippen molar-refractivity contribution < 1.29 is 12.8 Å². The molecule has 2 aromatic rings. The van der Waals surface area contributed by atoms with Crippen LogP contribution in [-0.2, 0) is 10.0 Å². The highest BCUT2D eigenvalue weighted by Crippen LogP contribution is 2.34. The first kappa shape index (κ1) is 16.1. The number of aromatic amines is 1. The summed E-state index contributed by atoms with van der Waals surface area (Å²) in [5.74, 6) is 0.594. The minimum absolute atomic E-state index is 0.0280. The number of benzene rings is 1. The Bertz CT molecular complexity index is 819. The second-order valence-electron chi connectivity index (χ2n) is 5.82. The van der Waals surface area contributed by atoms with Gasteiger partial charge in [0.05, 0.1) is 10.9 Å². The smallest absolute Gasteiger partial charge is 0.243 e. The van der Waals surface area contributed by atoms with Crippen molar-refractivity contribution in [2.75, 3.05) is 6.54 Å². The Balaban J connectivity index is 2.00. The number of rotatable bonds is 3. The van der Waals surface area contributed by atoms with Crippen LogP contribution < -0.4 is 0 Å². The quantitative estimate of drug-likeness (QED) is 0.932. The van der Waals surface area contributed by atoms with E-state index in [1.54, 1.807) is 13.8 Å². The number of hydrogen-bond donors (Lipinski definition) is 1. The van der Waals surface area contributed by atoms with Gasteiger partial charge in [-0.05, 0) is 44.4 Å². The Kier molecular flexibility index (Phi) is 4.20. The fourth-order valence-corrected chi connectivity index (χ4v) is 4.50. The average Bonchev–Trinajstić information content (AvgIpc) is 2.96.